The van der Waals surface area contributed by atoms with Crippen molar-refractivity contribution in [2.24, 2.45) is 17.6 Å². The van der Waals surface area contributed by atoms with Crippen LogP contribution in [0, 0.1) is 17.7 Å². The van der Waals surface area contributed by atoms with Gasteiger partial charge in [-0.1, -0.05) is 17.7 Å². The molecule has 0 aliphatic heterocycles. The molecule has 2 N–H and O–H groups in total. The van der Waals surface area contributed by atoms with E-state index in [9.17, 15) is 9.18 Å². The summed E-state index contributed by atoms with van der Waals surface area (Å²) >= 11 is 5.95. The first-order valence-corrected chi connectivity index (χ1v) is 7.15. The Morgan fingerprint density at radius 2 is 2.00 bits per heavy atom. The van der Waals surface area contributed by atoms with Crippen molar-refractivity contribution in [3.8, 4) is 0 Å². The molecule has 0 heterocycles. The number of rotatable bonds is 4. The molecule has 2 nitrogen and oxygen atoms in total. The van der Waals surface area contributed by atoms with E-state index in [1.54, 1.807) is 12.1 Å². The minimum Gasteiger partial charge on any atom is -0.330 e. The van der Waals surface area contributed by atoms with Gasteiger partial charge in [-0.3, -0.25) is 4.79 Å². The maximum Gasteiger partial charge on any atom is 0.140 e. The van der Waals surface area contributed by atoms with Gasteiger partial charge in [-0.15, -0.1) is 0 Å². The van der Waals surface area contributed by atoms with Crippen molar-refractivity contribution in [3.63, 3.8) is 0 Å². The van der Waals surface area contributed by atoms with Gasteiger partial charge in [0.1, 0.15) is 11.6 Å². The fourth-order valence-corrected chi connectivity index (χ4v) is 2.97. The third-order valence-corrected chi connectivity index (χ3v) is 4.40. The molecule has 0 radical (unpaired) electrons. The van der Waals surface area contributed by atoms with E-state index in [-0.39, 0.29) is 18.1 Å². The van der Waals surface area contributed by atoms with Gasteiger partial charge < -0.3 is 5.73 Å². The number of hydrogen-bond acceptors (Lipinski definition) is 2. The first-order chi connectivity index (χ1) is 9.11. The number of nitrogens with two attached hydrogens (primary N) is 1. The predicted molar refractivity (Wildman–Crippen MR) is 74.6 cm³/mol. The van der Waals surface area contributed by atoms with Gasteiger partial charge in [-0.25, -0.2) is 4.39 Å². The number of hydrogen-bond donors (Lipinski definition) is 1. The molecular weight excluding hydrogens is 265 g/mol. The molecule has 2 rings (SSSR count). The normalized spacial score (nSPS) is 23.3. The summed E-state index contributed by atoms with van der Waals surface area (Å²) in [7, 11) is 0. The first kappa shape index (κ1) is 14.5. The van der Waals surface area contributed by atoms with Crippen LogP contribution in [-0.4, -0.2) is 12.3 Å². The average molecular weight is 284 g/mol. The predicted octanol–water partition coefficient (Wildman–Crippen LogP) is 3.36. The summed E-state index contributed by atoms with van der Waals surface area (Å²) in [6.07, 6.45) is 3.83. The van der Waals surface area contributed by atoms with Crippen LogP contribution in [0.15, 0.2) is 18.2 Å². The lowest BCUT2D eigenvalue weighted by atomic mass is 9.79. The van der Waals surface area contributed by atoms with Gasteiger partial charge in [0.25, 0.3) is 0 Å². The van der Waals surface area contributed by atoms with Crippen molar-refractivity contribution in [2.75, 3.05) is 6.54 Å². The summed E-state index contributed by atoms with van der Waals surface area (Å²) in [5, 5.41) is 0.337. The standard InChI is InChI=1S/C15H19ClFNO/c16-13-2-1-3-14(17)12(13)8-15(19)11-6-4-10(9-18)5-7-11/h1-3,10-11H,4-9,18H2. The highest BCUT2D eigenvalue weighted by atomic mass is 35.5. The van der Waals surface area contributed by atoms with Crippen LogP contribution >= 0.6 is 11.6 Å². The highest BCUT2D eigenvalue weighted by molar-refractivity contribution is 6.31. The van der Waals surface area contributed by atoms with Gasteiger partial charge in [0.05, 0.1) is 0 Å². The average Bonchev–Trinajstić information content (AvgIpc) is 2.43. The number of benzene rings is 1. The molecule has 4 heteroatoms. The summed E-state index contributed by atoms with van der Waals surface area (Å²) in [4.78, 5) is 12.2. The molecule has 1 aromatic rings. The zero-order chi connectivity index (χ0) is 13.8. The van der Waals surface area contributed by atoms with E-state index in [1.165, 1.54) is 6.07 Å². The molecule has 0 spiro atoms. The van der Waals surface area contributed by atoms with Crippen molar-refractivity contribution in [2.45, 2.75) is 32.1 Å². The van der Waals surface area contributed by atoms with Gasteiger partial charge in [0.15, 0.2) is 0 Å². The monoisotopic (exact) mass is 283 g/mol. The Morgan fingerprint density at radius 1 is 1.32 bits per heavy atom. The summed E-state index contributed by atoms with van der Waals surface area (Å²) < 4.78 is 13.6. The minimum absolute atomic E-state index is 0.0403. The van der Waals surface area contributed by atoms with Crippen LogP contribution in [0.5, 0.6) is 0 Å². The fourth-order valence-electron chi connectivity index (χ4n) is 2.74. The van der Waals surface area contributed by atoms with Gasteiger partial charge in [0, 0.05) is 22.9 Å². The Bertz CT molecular complexity index is 435. The van der Waals surface area contributed by atoms with E-state index in [0.29, 0.717) is 23.0 Å². The van der Waals surface area contributed by atoms with Crippen LogP contribution in [0.2, 0.25) is 5.02 Å². The van der Waals surface area contributed by atoms with Crippen LogP contribution in [0.1, 0.15) is 31.2 Å². The van der Waals surface area contributed by atoms with Crippen molar-refractivity contribution >= 4 is 17.4 Å². The van der Waals surface area contributed by atoms with Crippen LogP contribution in [0.25, 0.3) is 0 Å². The summed E-state index contributed by atoms with van der Waals surface area (Å²) in [5.41, 5.74) is 5.96. The first-order valence-electron chi connectivity index (χ1n) is 6.77. The molecule has 1 fully saturated rings. The topological polar surface area (TPSA) is 43.1 Å². The second-order valence-electron chi connectivity index (χ2n) is 5.30. The molecule has 0 aromatic heterocycles. The lowest BCUT2D eigenvalue weighted by Crippen LogP contribution is -2.26. The Balaban J connectivity index is 1.98. The molecule has 0 atom stereocenters. The van der Waals surface area contributed by atoms with E-state index in [2.05, 4.69) is 0 Å². The fraction of sp³-hybridized carbons (Fsp3) is 0.533. The molecule has 1 saturated carbocycles. The SMILES string of the molecule is NCC1CCC(C(=O)Cc2c(F)cccc2Cl)CC1. The Kier molecular flexibility index (Phi) is 4.94. The second kappa shape index (κ2) is 6.49. The Morgan fingerprint density at radius 3 is 2.58 bits per heavy atom. The summed E-state index contributed by atoms with van der Waals surface area (Å²) in [6.45, 7) is 0.694. The molecule has 1 aliphatic carbocycles. The molecule has 1 aromatic carbocycles. The van der Waals surface area contributed by atoms with Gasteiger partial charge in [-0.05, 0) is 50.3 Å². The minimum atomic E-state index is -0.392. The Hall–Kier alpha value is -0.930. The van der Waals surface area contributed by atoms with E-state index >= 15 is 0 Å². The molecule has 104 valence electrons. The molecule has 1 aliphatic rings. The van der Waals surface area contributed by atoms with Gasteiger partial charge in [-0.2, -0.15) is 0 Å². The van der Waals surface area contributed by atoms with E-state index in [4.69, 9.17) is 17.3 Å². The molecule has 0 amide bonds. The van der Waals surface area contributed by atoms with Crippen molar-refractivity contribution in [3.05, 3.63) is 34.6 Å². The van der Waals surface area contributed by atoms with Gasteiger partial charge >= 0.3 is 0 Å². The zero-order valence-electron chi connectivity index (χ0n) is 10.9. The molecule has 0 saturated heterocycles. The molecule has 0 unspecified atom stereocenters. The molecule has 0 bridgehead atoms. The van der Waals surface area contributed by atoms with Crippen LogP contribution in [-0.2, 0) is 11.2 Å². The van der Waals surface area contributed by atoms with Crippen LogP contribution < -0.4 is 5.73 Å². The Labute approximate surface area is 118 Å². The highest BCUT2D eigenvalue weighted by Gasteiger charge is 2.26. The zero-order valence-corrected chi connectivity index (χ0v) is 11.6. The van der Waals surface area contributed by atoms with Crippen molar-refractivity contribution in [1.82, 2.24) is 0 Å². The number of halogens is 2. The number of carbonyl (C=O) groups is 1. The summed E-state index contributed by atoms with van der Waals surface area (Å²) in [5.74, 6) is 0.290. The van der Waals surface area contributed by atoms with E-state index in [1.807, 2.05) is 0 Å². The smallest absolute Gasteiger partial charge is 0.140 e. The van der Waals surface area contributed by atoms with E-state index in [0.717, 1.165) is 25.7 Å². The summed E-state index contributed by atoms with van der Waals surface area (Å²) in [6, 6.07) is 4.52. The maximum absolute atomic E-state index is 13.6. The second-order valence-corrected chi connectivity index (χ2v) is 5.70. The van der Waals surface area contributed by atoms with Crippen LogP contribution in [0.3, 0.4) is 0 Å². The number of carbonyl (C=O) groups excluding carboxylic acids is 1. The molecule has 19 heavy (non-hydrogen) atoms. The van der Waals surface area contributed by atoms with Gasteiger partial charge in [0.2, 0.25) is 0 Å². The largest absolute Gasteiger partial charge is 0.330 e. The number of ketones is 1. The third-order valence-electron chi connectivity index (χ3n) is 4.05. The quantitative estimate of drug-likeness (QED) is 0.921. The lowest BCUT2D eigenvalue weighted by molar-refractivity contribution is -0.123. The lowest BCUT2D eigenvalue weighted by Gasteiger charge is -2.26. The highest BCUT2D eigenvalue weighted by Crippen LogP contribution is 2.30. The van der Waals surface area contributed by atoms with Crippen molar-refractivity contribution in [1.29, 1.82) is 0 Å². The number of Topliss-reactive ketones (excluding diaryl/α,β-unsaturated/α-hetero) is 1. The third kappa shape index (κ3) is 3.54. The van der Waals surface area contributed by atoms with E-state index < -0.39 is 5.82 Å². The van der Waals surface area contributed by atoms with Crippen molar-refractivity contribution < 1.29 is 9.18 Å². The molecular formula is C15H19ClFNO. The van der Waals surface area contributed by atoms with Crippen LogP contribution in [0.4, 0.5) is 4.39 Å². The maximum atomic E-state index is 13.6.